The van der Waals surface area contributed by atoms with E-state index in [0.29, 0.717) is 5.69 Å². The normalized spacial score (nSPS) is 11.7. The number of aliphatic hydroxyl groups excluding tert-OH is 1. The summed E-state index contributed by atoms with van der Waals surface area (Å²) in [6.45, 7) is -0.353. The molecular formula is C11H13FN2O4. The maximum absolute atomic E-state index is 12.6. The minimum Gasteiger partial charge on any atom is -0.480 e. The fourth-order valence-corrected chi connectivity index (χ4v) is 1.25. The molecule has 1 aromatic rings. The van der Waals surface area contributed by atoms with Crippen LogP contribution >= 0.6 is 0 Å². The lowest BCUT2D eigenvalue weighted by atomic mass is 10.2. The van der Waals surface area contributed by atoms with E-state index in [0.717, 1.165) is 12.1 Å². The zero-order chi connectivity index (χ0) is 13.5. The van der Waals surface area contributed by atoms with Gasteiger partial charge in [0.05, 0.1) is 0 Å². The molecule has 4 N–H and O–H groups in total. The molecule has 1 atom stereocenters. The zero-order valence-corrected chi connectivity index (χ0v) is 9.39. The van der Waals surface area contributed by atoms with Crippen molar-refractivity contribution in [3.05, 3.63) is 30.1 Å². The Morgan fingerprint density at radius 1 is 1.28 bits per heavy atom. The molecule has 7 heteroatoms. The van der Waals surface area contributed by atoms with E-state index in [4.69, 9.17) is 10.2 Å². The van der Waals surface area contributed by atoms with Crippen molar-refractivity contribution in [1.82, 2.24) is 5.32 Å². The molecule has 0 aliphatic rings. The van der Waals surface area contributed by atoms with E-state index in [9.17, 15) is 14.0 Å². The van der Waals surface area contributed by atoms with Gasteiger partial charge in [0.15, 0.2) is 0 Å². The largest absolute Gasteiger partial charge is 0.480 e. The van der Waals surface area contributed by atoms with Crippen LogP contribution < -0.4 is 10.6 Å². The molecule has 0 aromatic heterocycles. The van der Waals surface area contributed by atoms with Gasteiger partial charge in [-0.2, -0.15) is 0 Å². The number of rotatable bonds is 5. The number of carboxylic acid groups (broad SMARTS) is 1. The van der Waals surface area contributed by atoms with Crippen molar-refractivity contribution in [2.75, 3.05) is 11.9 Å². The maximum Gasteiger partial charge on any atom is 0.326 e. The van der Waals surface area contributed by atoms with Gasteiger partial charge >= 0.3 is 12.0 Å². The highest BCUT2D eigenvalue weighted by molar-refractivity contribution is 5.92. The summed E-state index contributed by atoms with van der Waals surface area (Å²) in [7, 11) is 0. The van der Waals surface area contributed by atoms with Crippen LogP contribution in [0.5, 0.6) is 0 Å². The quantitative estimate of drug-likeness (QED) is 0.625. The number of carbonyl (C=O) groups is 2. The number of benzene rings is 1. The number of hydrogen-bond acceptors (Lipinski definition) is 3. The number of halogens is 1. The highest BCUT2D eigenvalue weighted by Crippen LogP contribution is 2.07. The van der Waals surface area contributed by atoms with E-state index in [2.05, 4.69) is 10.6 Å². The molecule has 0 fully saturated rings. The molecule has 18 heavy (non-hydrogen) atoms. The van der Waals surface area contributed by atoms with Crippen LogP contribution in [0.3, 0.4) is 0 Å². The van der Waals surface area contributed by atoms with Crippen molar-refractivity contribution in [2.45, 2.75) is 12.5 Å². The number of anilines is 1. The minimum absolute atomic E-state index is 0.0911. The Labute approximate surface area is 102 Å². The molecule has 0 aliphatic heterocycles. The van der Waals surface area contributed by atoms with E-state index in [1.807, 2.05) is 0 Å². The lowest BCUT2D eigenvalue weighted by Crippen LogP contribution is -2.43. The van der Waals surface area contributed by atoms with Crippen molar-refractivity contribution in [3.63, 3.8) is 0 Å². The summed E-state index contributed by atoms with van der Waals surface area (Å²) in [6.07, 6.45) is -0.0911. The molecule has 0 aliphatic carbocycles. The van der Waals surface area contributed by atoms with Gasteiger partial charge in [-0.25, -0.2) is 14.0 Å². The number of aliphatic hydroxyl groups is 1. The molecule has 0 bridgehead atoms. The molecule has 1 unspecified atom stereocenters. The van der Waals surface area contributed by atoms with Crippen LogP contribution in [0.25, 0.3) is 0 Å². The van der Waals surface area contributed by atoms with Gasteiger partial charge in [0.25, 0.3) is 0 Å². The standard InChI is InChI=1S/C11H13FN2O4/c12-7-1-3-8(4-2-7)13-11(18)14-9(5-6-15)10(16)17/h1-4,9,15H,5-6H2,(H,16,17)(H2,13,14,18). The third-order valence-electron chi connectivity index (χ3n) is 2.12. The van der Waals surface area contributed by atoms with Crippen LogP contribution in [0, 0.1) is 5.82 Å². The average molecular weight is 256 g/mol. The molecule has 1 rings (SSSR count). The molecular weight excluding hydrogens is 243 g/mol. The number of nitrogens with one attached hydrogen (secondary N) is 2. The Bertz CT molecular complexity index is 422. The number of urea groups is 1. The van der Waals surface area contributed by atoms with Gasteiger partial charge in [-0.05, 0) is 24.3 Å². The second kappa shape index (κ2) is 6.55. The first-order chi connectivity index (χ1) is 8.52. The van der Waals surface area contributed by atoms with Gasteiger partial charge < -0.3 is 20.8 Å². The van der Waals surface area contributed by atoms with E-state index in [1.165, 1.54) is 12.1 Å². The summed E-state index contributed by atoms with van der Waals surface area (Å²) in [5.74, 6) is -1.68. The third kappa shape index (κ3) is 4.38. The second-order valence-electron chi connectivity index (χ2n) is 3.51. The number of hydrogen-bond donors (Lipinski definition) is 4. The van der Waals surface area contributed by atoms with Gasteiger partial charge in [0.2, 0.25) is 0 Å². The van der Waals surface area contributed by atoms with Gasteiger partial charge in [-0.3, -0.25) is 0 Å². The summed E-state index contributed by atoms with van der Waals surface area (Å²) in [5, 5.41) is 21.9. The van der Waals surface area contributed by atoms with Crippen molar-refractivity contribution in [2.24, 2.45) is 0 Å². The Hall–Kier alpha value is -2.15. The van der Waals surface area contributed by atoms with E-state index >= 15 is 0 Å². The van der Waals surface area contributed by atoms with Crippen LogP contribution in [-0.4, -0.2) is 34.9 Å². The van der Waals surface area contributed by atoms with Gasteiger partial charge in [-0.1, -0.05) is 0 Å². The van der Waals surface area contributed by atoms with Gasteiger partial charge in [0, 0.05) is 18.7 Å². The summed E-state index contributed by atoms with van der Waals surface area (Å²) >= 11 is 0. The molecule has 0 spiro atoms. The van der Waals surface area contributed by atoms with Crippen molar-refractivity contribution in [1.29, 1.82) is 0 Å². The fraction of sp³-hybridized carbons (Fsp3) is 0.273. The predicted octanol–water partition coefficient (Wildman–Crippen LogP) is 0.783. The maximum atomic E-state index is 12.6. The van der Waals surface area contributed by atoms with Crippen LogP contribution in [0.2, 0.25) is 0 Å². The molecule has 0 saturated carbocycles. The Kier molecular flexibility index (Phi) is 5.06. The van der Waals surface area contributed by atoms with Gasteiger partial charge in [-0.15, -0.1) is 0 Å². The number of aliphatic carboxylic acids is 1. The molecule has 0 heterocycles. The van der Waals surface area contributed by atoms with Crippen LogP contribution in [0.1, 0.15) is 6.42 Å². The Morgan fingerprint density at radius 3 is 2.39 bits per heavy atom. The molecule has 2 amide bonds. The van der Waals surface area contributed by atoms with Crippen LogP contribution in [-0.2, 0) is 4.79 Å². The highest BCUT2D eigenvalue weighted by atomic mass is 19.1. The number of amides is 2. The Balaban J connectivity index is 2.54. The van der Waals surface area contributed by atoms with Crippen LogP contribution in [0.4, 0.5) is 14.9 Å². The van der Waals surface area contributed by atoms with Gasteiger partial charge in [0.1, 0.15) is 11.9 Å². The monoisotopic (exact) mass is 256 g/mol. The first kappa shape index (κ1) is 13.9. The lowest BCUT2D eigenvalue weighted by Gasteiger charge is -2.13. The lowest BCUT2D eigenvalue weighted by molar-refractivity contribution is -0.139. The summed E-state index contributed by atoms with van der Waals surface area (Å²) < 4.78 is 12.6. The molecule has 0 radical (unpaired) electrons. The summed E-state index contributed by atoms with van der Waals surface area (Å²) in [6, 6.07) is 3.11. The molecule has 98 valence electrons. The minimum atomic E-state index is -1.24. The zero-order valence-electron chi connectivity index (χ0n) is 9.39. The number of carbonyl (C=O) groups excluding carboxylic acids is 1. The van der Waals surface area contributed by atoms with Crippen LogP contribution in [0.15, 0.2) is 24.3 Å². The summed E-state index contributed by atoms with van der Waals surface area (Å²) in [4.78, 5) is 22.1. The second-order valence-corrected chi connectivity index (χ2v) is 3.51. The predicted molar refractivity (Wildman–Crippen MR) is 61.7 cm³/mol. The third-order valence-corrected chi connectivity index (χ3v) is 2.12. The first-order valence-electron chi connectivity index (χ1n) is 5.19. The summed E-state index contributed by atoms with van der Waals surface area (Å²) in [5.41, 5.74) is 0.335. The topological polar surface area (TPSA) is 98.7 Å². The van der Waals surface area contributed by atoms with E-state index in [-0.39, 0.29) is 13.0 Å². The fourth-order valence-electron chi connectivity index (χ4n) is 1.25. The molecule has 0 saturated heterocycles. The molecule has 6 nitrogen and oxygen atoms in total. The van der Waals surface area contributed by atoms with Crippen molar-refractivity contribution in [3.8, 4) is 0 Å². The first-order valence-corrected chi connectivity index (χ1v) is 5.19. The van der Waals surface area contributed by atoms with E-state index in [1.54, 1.807) is 0 Å². The highest BCUT2D eigenvalue weighted by Gasteiger charge is 2.18. The van der Waals surface area contributed by atoms with Crippen molar-refractivity contribution >= 4 is 17.7 Å². The average Bonchev–Trinajstić information content (AvgIpc) is 2.31. The SMILES string of the molecule is O=C(Nc1ccc(F)cc1)NC(CCO)C(=O)O. The Morgan fingerprint density at radius 2 is 1.89 bits per heavy atom. The number of carboxylic acids is 1. The van der Waals surface area contributed by atoms with E-state index < -0.39 is 23.9 Å². The smallest absolute Gasteiger partial charge is 0.326 e. The molecule has 1 aromatic carbocycles. The van der Waals surface area contributed by atoms with Crippen molar-refractivity contribution < 1.29 is 24.2 Å².